The summed E-state index contributed by atoms with van der Waals surface area (Å²) in [5, 5.41) is 20.8. The Morgan fingerprint density at radius 3 is 2.27 bits per heavy atom. The molecule has 2 N–H and O–H groups in total. The summed E-state index contributed by atoms with van der Waals surface area (Å²) in [5.41, 5.74) is 0.473. The van der Waals surface area contributed by atoms with Gasteiger partial charge in [0.05, 0.1) is 5.60 Å². The Morgan fingerprint density at radius 2 is 1.65 bits per heavy atom. The van der Waals surface area contributed by atoms with Crippen LogP contribution in [0.2, 0.25) is 0 Å². The molecule has 1 aliphatic heterocycles. The van der Waals surface area contributed by atoms with Crippen LogP contribution in [0.5, 0.6) is 11.5 Å². The van der Waals surface area contributed by atoms with Crippen LogP contribution in [-0.4, -0.2) is 64.2 Å². The van der Waals surface area contributed by atoms with Crippen molar-refractivity contribution in [1.29, 1.82) is 0 Å². The molecule has 10 heteroatoms. The number of carbonyl (C=O) groups is 1. The van der Waals surface area contributed by atoms with Gasteiger partial charge in [-0.15, -0.1) is 13.2 Å². The van der Waals surface area contributed by atoms with Crippen molar-refractivity contribution in [2.75, 3.05) is 26.2 Å². The highest BCUT2D eigenvalue weighted by molar-refractivity contribution is 5.74. The normalized spacial score (nSPS) is 18.4. The molecule has 0 radical (unpaired) electrons. The van der Waals surface area contributed by atoms with E-state index in [1.54, 1.807) is 12.3 Å². The van der Waals surface area contributed by atoms with Crippen LogP contribution in [0.4, 0.5) is 18.0 Å². The van der Waals surface area contributed by atoms with Crippen molar-refractivity contribution in [3.05, 3.63) is 65.9 Å². The van der Waals surface area contributed by atoms with E-state index in [-0.39, 0.29) is 12.4 Å². The molecule has 2 aromatic rings. The predicted molar refractivity (Wildman–Crippen MR) is 131 cm³/mol. The minimum absolute atomic E-state index is 0.0602. The second-order valence-electron chi connectivity index (χ2n) is 9.42. The van der Waals surface area contributed by atoms with E-state index in [2.05, 4.69) is 4.74 Å². The zero-order valence-corrected chi connectivity index (χ0v) is 20.4. The number of aliphatic hydroxyl groups is 1. The van der Waals surface area contributed by atoms with E-state index in [1.165, 1.54) is 17.0 Å². The van der Waals surface area contributed by atoms with Gasteiger partial charge in [0.15, 0.2) is 11.5 Å². The van der Waals surface area contributed by atoms with E-state index in [1.807, 2.05) is 35.2 Å². The number of ether oxygens (including phenoxy) is 2. The maximum absolute atomic E-state index is 13.3. The Hall–Kier alpha value is -3.40. The Morgan fingerprint density at radius 1 is 0.973 bits per heavy atom. The maximum atomic E-state index is 13.3. The number of hydrogen-bond donors (Lipinski definition) is 2. The molecule has 37 heavy (non-hydrogen) atoms. The standard InChI is InChI=1S/C27H31F3N2O5/c28-27(29,30)37-24-17-21(9-10-23(24)36-19-20-7-3-1-4-8-20)22(26(35)11-5-2-6-12-26)18-31-13-15-32(16-14-31)25(33)34/h1,3-4,7-10,17-18,35H,2,5-6,11-16,19H2,(H,33,34). The van der Waals surface area contributed by atoms with Crippen molar-refractivity contribution >= 4 is 11.7 Å². The average molecular weight is 521 g/mol. The molecular weight excluding hydrogens is 489 g/mol. The predicted octanol–water partition coefficient (Wildman–Crippen LogP) is 5.50. The van der Waals surface area contributed by atoms with Crippen LogP contribution in [0.1, 0.15) is 43.2 Å². The minimum atomic E-state index is -4.93. The third-order valence-electron chi connectivity index (χ3n) is 6.80. The SMILES string of the molecule is O=C(O)N1CCN(C=C(c2ccc(OCc3ccccc3)c(OC(F)(F)F)c2)C2(O)CCCCC2)CC1. The van der Waals surface area contributed by atoms with Crippen molar-refractivity contribution in [3.63, 3.8) is 0 Å². The van der Waals surface area contributed by atoms with Crippen LogP contribution in [0, 0.1) is 0 Å². The molecule has 0 atom stereocenters. The van der Waals surface area contributed by atoms with Crippen LogP contribution in [-0.2, 0) is 6.61 Å². The van der Waals surface area contributed by atoms with Crippen LogP contribution in [0.25, 0.3) is 5.57 Å². The van der Waals surface area contributed by atoms with Crippen molar-refractivity contribution in [3.8, 4) is 11.5 Å². The molecule has 1 aliphatic carbocycles. The minimum Gasteiger partial charge on any atom is -0.485 e. The lowest BCUT2D eigenvalue weighted by Crippen LogP contribution is -2.46. The molecule has 200 valence electrons. The first-order valence-corrected chi connectivity index (χ1v) is 12.4. The van der Waals surface area contributed by atoms with E-state index in [0.717, 1.165) is 24.8 Å². The third kappa shape index (κ3) is 7.09. The van der Waals surface area contributed by atoms with Gasteiger partial charge in [-0.2, -0.15) is 0 Å². The van der Waals surface area contributed by atoms with E-state index < -0.39 is 23.8 Å². The van der Waals surface area contributed by atoms with Crippen LogP contribution in [0.15, 0.2) is 54.7 Å². The summed E-state index contributed by atoms with van der Waals surface area (Å²) >= 11 is 0. The van der Waals surface area contributed by atoms with Gasteiger partial charge in [-0.3, -0.25) is 0 Å². The zero-order valence-electron chi connectivity index (χ0n) is 20.4. The molecule has 4 rings (SSSR count). The molecule has 0 aromatic heterocycles. The van der Waals surface area contributed by atoms with Crippen LogP contribution < -0.4 is 9.47 Å². The van der Waals surface area contributed by atoms with Crippen molar-refractivity contribution in [2.45, 2.75) is 50.7 Å². The van der Waals surface area contributed by atoms with E-state index in [4.69, 9.17) is 4.74 Å². The lowest BCUT2D eigenvalue weighted by molar-refractivity contribution is -0.275. The largest absolute Gasteiger partial charge is 0.573 e. The highest BCUT2D eigenvalue weighted by Gasteiger charge is 2.37. The molecule has 0 bridgehead atoms. The molecule has 2 fully saturated rings. The number of carboxylic acid groups (broad SMARTS) is 1. The molecule has 2 aromatic carbocycles. The number of rotatable bonds is 7. The van der Waals surface area contributed by atoms with Gasteiger partial charge < -0.3 is 29.5 Å². The summed E-state index contributed by atoms with van der Waals surface area (Å²) in [6, 6.07) is 13.4. The molecule has 0 spiro atoms. The smallest absolute Gasteiger partial charge is 0.485 e. The van der Waals surface area contributed by atoms with Gasteiger partial charge in [0.2, 0.25) is 0 Å². The summed E-state index contributed by atoms with van der Waals surface area (Å²) in [6.45, 7) is 1.49. The molecule has 1 heterocycles. The Balaban J connectivity index is 1.66. The van der Waals surface area contributed by atoms with Gasteiger partial charge in [0, 0.05) is 38.0 Å². The van der Waals surface area contributed by atoms with E-state index >= 15 is 0 Å². The fraction of sp³-hybridized carbons (Fsp3) is 0.444. The lowest BCUT2D eigenvalue weighted by atomic mass is 9.77. The first-order chi connectivity index (χ1) is 17.6. The number of nitrogens with zero attached hydrogens (tertiary/aromatic N) is 2. The molecule has 7 nitrogen and oxygen atoms in total. The summed E-state index contributed by atoms with van der Waals surface area (Å²) in [6.07, 6.45) is -0.623. The monoisotopic (exact) mass is 520 g/mol. The van der Waals surface area contributed by atoms with Gasteiger partial charge in [-0.25, -0.2) is 4.79 Å². The summed E-state index contributed by atoms with van der Waals surface area (Å²) in [7, 11) is 0. The van der Waals surface area contributed by atoms with E-state index in [9.17, 15) is 28.2 Å². The Labute approximate surface area is 213 Å². The first-order valence-electron chi connectivity index (χ1n) is 12.4. The lowest BCUT2D eigenvalue weighted by Gasteiger charge is -2.38. The van der Waals surface area contributed by atoms with Crippen LogP contribution >= 0.6 is 0 Å². The molecule has 2 aliphatic rings. The second-order valence-corrected chi connectivity index (χ2v) is 9.42. The number of piperazine rings is 1. The number of alkyl halides is 3. The molecule has 1 saturated heterocycles. The summed E-state index contributed by atoms with van der Waals surface area (Å²) < 4.78 is 50.0. The third-order valence-corrected chi connectivity index (χ3v) is 6.80. The van der Waals surface area contributed by atoms with Crippen molar-refractivity contribution < 1.29 is 37.7 Å². The van der Waals surface area contributed by atoms with Gasteiger partial charge >= 0.3 is 12.5 Å². The summed E-state index contributed by atoms with van der Waals surface area (Å²) in [4.78, 5) is 14.5. The second kappa shape index (κ2) is 11.3. The highest BCUT2D eigenvalue weighted by atomic mass is 19.4. The maximum Gasteiger partial charge on any atom is 0.573 e. The number of amides is 1. The van der Waals surface area contributed by atoms with Crippen molar-refractivity contribution in [1.82, 2.24) is 9.80 Å². The molecule has 1 amide bonds. The topological polar surface area (TPSA) is 82.5 Å². The van der Waals surface area contributed by atoms with E-state index in [0.29, 0.717) is 50.2 Å². The number of halogens is 3. The van der Waals surface area contributed by atoms with Gasteiger partial charge in [-0.05, 0) is 36.1 Å². The molecular formula is C27H31F3N2O5. The quantitative estimate of drug-likeness (QED) is 0.502. The average Bonchev–Trinajstić information content (AvgIpc) is 2.87. The fourth-order valence-electron chi connectivity index (χ4n) is 4.83. The Kier molecular flexibility index (Phi) is 8.16. The zero-order chi connectivity index (χ0) is 26.5. The van der Waals surface area contributed by atoms with Gasteiger partial charge in [0.25, 0.3) is 0 Å². The number of hydrogen-bond acceptors (Lipinski definition) is 5. The van der Waals surface area contributed by atoms with Crippen LogP contribution in [0.3, 0.4) is 0 Å². The summed E-state index contributed by atoms with van der Waals surface area (Å²) in [5.74, 6) is -0.545. The first kappa shape index (κ1) is 26.7. The number of benzene rings is 2. The molecule has 0 unspecified atom stereocenters. The highest BCUT2D eigenvalue weighted by Crippen LogP contribution is 2.43. The van der Waals surface area contributed by atoms with Gasteiger partial charge in [-0.1, -0.05) is 55.7 Å². The molecule has 1 saturated carbocycles. The Bertz CT molecular complexity index is 1090. The fourth-order valence-corrected chi connectivity index (χ4v) is 4.83. The van der Waals surface area contributed by atoms with Crippen molar-refractivity contribution in [2.24, 2.45) is 0 Å². The van der Waals surface area contributed by atoms with Gasteiger partial charge in [0.1, 0.15) is 6.61 Å².